The molecule has 0 unspecified atom stereocenters. The van der Waals surface area contributed by atoms with Gasteiger partial charge in [-0.25, -0.2) is 0 Å². The number of benzene rings is 2. The van der Waals surface area contributed by atoms with Gasteiger partial charge in [0.2, 0.25) is 5.91 Å². The van der Waals surface area contributed by atoms with Crippen molar-refractivity contribution in [3.05, 3.63) is 88.9 Å². The molecule has 0 spiro atoms. The normalized spacial score (nSPS) is 14.7. The minimum Gasteiger partial charge on any atom is -0.468 e. The maximum Gasteiger partial charge on any atom is 0.241 e. The van der Waals surface area contributed by atoms with Crippen molar-refractivity contribution in [3.63, 3.8) is 0 Å². The van der Waals surface area contributed by atoms with Crippen LogP contribution in [0.15, 0.2) is 65.3 Å². The maximum atomic E-state index is 12.8. The van der Waals surface area contributed by atoms with Crippen LogP contribution in [0.4, 0.5) is 5.69 Å². The molecule has 1 aromatic heterocycles. The first kappa shape index (κ1) is 18.8. The largest absolute Gasteiger partial charge is 0.468 e. The van der Waals surface area contributed by atoms with Gasteiger partial charge in [0, 0.05) is 27.9 Å². The van der Waals surface area contributed by atoms with Crippen LogP contribution in [0.1, 0.15) is 57.5 Å². The summed E-state index contributed by atoms with van der Waals surface area (Å²) in [5.41, 5.74) is 1.91. The zero-order chi connectivity index (χ0) is 20.5. The fraction of sp³-hybridized carbons (Fsp3) is 0.174. The van der Waals surface area contributed by atoms with Gasteiger partial charge in [-0.15, -0.1) is 0 Å². The molecule has 1 aliphatic rings. The van der Waals surface area contributed by atoms with Crippen LogP contribution in [0, 0.1) is 0 Å². The van der Waals surface area contributed by atoms with Gasteiger partial charge in [0.1, 0.15) is 5.76 Å². The lowest BCUT2D eigenvalue weighted by molar-refractivity contribution is -0.118. The molecule has 6 nitrogen and oxygen atoms in total. The summed E-state index contributed by atoms with van der Waals surface area (Å²) in [5.74, 6) is 0.0823. The van der Waals surface area contributed by atoms with Gasteiger partial charge in [-0.1, -0.05) is 24.3 Å². The first-order valence-corrected chi connectivity index (χ1v) is 9.38. The molecule has 146 valence electrons. The van der Waals surface area contributed by atoms with Gasteiger partial charge in [-0.05, 0) is 44.2 Å². The summed E-state index contributed by atoms with van der Waals surface area (Å²) >= 11 is 0. The topological polar surface area (TPSA) is 88.4 Å². The van der Waals surface area contributed by atoms with Crippen molar-refractivity contribution in [2.75, 3.05) is 5.32 Å². The number of furan rings is 1. The van der Waals surface area contributed by atoms with E-state index in [4.69, 9.17) is 4.42 Å². The fourth-order valence-corrected chi connectivity index (χ4v) is 3.50. The maximum absolute atomic E-state index is 12.8. The first-order chi connectivity index (χ1) is 14.0. The Bertz CT molecular complexity index is 1100. The Morgan fingerprint density at radius 1 is 0.862 bits per heavy atom. The fourth-order valence-electron chi connectivity index (χ4n) is 3.50. The second kappa shape index (κ2) is 7.48. The first-order valence-electron chi connectivity index (χ1n) is 9.38. The molecule has 6 heteroatoms. The number of rotatable bonds is 5. The van der Waals surface area contributed by atoms with Crippen molar-refractivity contribution in [2.45, 2.75) is 25.9 Å². The SMILES string of the molecule is C[C@@H](N[C@H](C)c1ccco1)C(=O)Nc1ccc2c(c1)C(=O)c1ccccc1C2=O. The van der Waals surface area contributed by atoms with Gasteiger partial charge in [-0.3, -0.25) is 19.7 Å². The van der Waals surface area contributed by atoms with Crippen LogP contribution in [-0.4, -0.2) is 23.5 Å². The quantitative estimate of drug-likeness (QED) is 0.544. The third kappa shape index (κ3) is 3.50. The number of hydrogen-bond acceptors (Lipinski definition) is 5. The number of hydrogen-bond donors (Lipinski definition) is 2. The Labute approximate surface area is 167 Å². The van der Waals surface area contributed by atoms with E-state index in [0.717, 1.165) is 5.76 Å². The Balaban J connectivity index is 1.51. The summed E-state index contributed by atoms with van der Waals surface area (Å²) in [5, 5.41) is 5.97. The van der Waals surface area contributed by atoms with Crippen molar-refractivity contribution in [1.82, 2.24) is 5.32 Å². The van der Waals surface area contributed by atoms with E-state index in [1.165, 1.54) is 0 Å². The third-order valence-corrected chi connectivity index (χ3v) is 5.06. The lowest BCUT2D eigenvalue weighted by atomic mass is 9.84. The number of fused-ring (bicyclic) bond motifs is 2. The smallest absolute Gasteiger partial charge is 0.241 e. The van der Waals surface area contributed by atoms with Crippen LogP contribution >= 0.6 is 0 Å². The lowest BCUT2D eigenvalue weighted by Gasteiger charge is -2.20. The number of ketones is 2. The molecule has 2 aromatic carbocycles. The van der Waals surface area contributed by atoms with Crippen LogP contribution in [0.25, 0.3) is 0 Å². The van der Waals surface area contributed by atoms with E-state index >= 15 is 0 Å². The van der Waals surface area contributed by atoms with Crippen molar-refractivity contribution >= 4 is 23.2 Å². The second-order valence-corrected chi connectivity index (χ2v) is 7.08. The molecule has 0 radical (unpaired) electrons. The highest BCUT2D eigenvalue weighted by atomic mass is 16.3. The van der Waals surface area contributed by atoms with E-state index in [9.17, 15) is 14.4 Å². The molecule has 0 saturated carbocycles. The summed E-state index contributed by atoms with van der Waals surface area (Å²) in [6.07, 6.45) is 1.59. The third-order valence-electron chi connectivity index (χ3n) is 5.06. The average molecular weight is 388 g/mol. The molecule has 3 aromatic rings. The number of carbonyl (C=O) groups excluding carboxylic acids is 3. The molecule has 29 heavy (non-hydrogen) atoms. The van der Waals surface area contributed by atoms with E-state index in [1.807, 2.05) is 13.0 Å². The van der Waals surface area contributed by atoms with Crippen LogP contribution in [0.2, 0.25) is 0 Å². The lowest BCUT2D eigenvalue weighted by Crippen LogP contribution is -2.39. The van der Waals surface area contributed by atoms with Crippen LogP contribution in [0.5, 0.6) is 0 Å². The predicted octanol–water partition coefficient (Wildman–Crippen LogP) is 3.73. The minimum absolute atomic E-state index is 0.134. The molecular formula is C23H20N2O4. The molecule has 2 N–H and O–H groups in total. The zero-order valence-electron chi connectivity index (χ0n) is 16.1. The van der Waals surface area contributed by atoms with Crippen molar-refractivity contribution < 1.29 is 18.8 Å². The highest BCUT2D eigenvalue weighted by Gasteiger charge is 2.29. The summed E-state index contributed by atoms with van der Waals surface area (Å²) in [6.45, 7) is 3.65. The van der Waals surface area contributed by atoms with Crippen molar-refractivity contribution in [2.24, 2.45) is 0 Å². The molecule has 0 fully saturated rings. The summed E-state index contributed by atoms with van der Waals surface area (Å²) in [6, 6.07) is 14.6. The van der Waals surface area contributed by atoms with E-state index in [0.29, 0.717) is 27.9 Å². The summed E-state index contributed by atoms with van der Waals surface area (Å²) < 4.78 is 5.34. The van der Waals surface area contributed by atoms with E-state index in [-0.39, 0.29) is 23.5 Å². The van der Waals surface area contributed by atoms with Crippen molar-refractivity contribution in [1.29, 1.82) is 0 Å². The molecule has 1 amide bonds. The monoisotopic (exact) mass is 388 g/mol. The Morgan fingerprint density at radius 3 is 2.17 bits per heavy atom. The van der Waals surface area contributed by atoms with Gasteiger partial charge >= 0.3 is 0 Å². The van der Waals surface area contributed by atoms with Crippen LogP contribution in [-0.2, 0) is 4.79 Å². The Kier molecular flexibility index (Phi) is 4.86. The second-order valence-electron chi connectivity index (χ2n) is 7.08. The summed E-state index contributed by atoms with van der Waals surface area (Å²) in [7, 11) is 0. The van der Waals surface area contributed by atoms with E-state index in [2.05, 4.69) is 10.6 Å². The van der Waals surface area contributed by atoms with E-state index < -0.39 is 6.04 Å². The Morgan fingerprint density at radius 2 is 1.52 bits per heavy atom. The molecule has 2 atom stereocenters. The highest BCUT2D eigenvalue weighted by molar-refractivity contribution is 6.28. The number of amides is 1. The number of nitrogens with one attached hydrogen (secondary N) is 2. The molecule has 0 saturated heterocycles. The molecular weight excluding hydrogens is 368 g/mol. The molecule has 0 aliphatic heterocycles. The van der Waals surface area contributed by atoms with Gasteiger partial charge in [0.25, 0.3) is 0 Å². The Hall–Kier alpha value is -3.51. The number of carbonyl (C=O) groups is 3. The standard InChI is InChI=1S/C23H20N2O4/c1-13(20-8-5-11-29-20)24-14(2)23(28)25-15-9-10-18-19(12-15)22(27)17-7-4-3-6-16(17)21(18)26/h3-14,24H,1-2H3,(H,25,28)/t13-,14-/m1/s1. The minimum atomic E-state index is -0.496. The molecule has 0 bridgehead atoms. The van der Waals surface area contributed by atoms with Gasteiger partial charge in [0.05, 0.1) is 18.3 Å². The molecule has 4 rings (SSSR count). The van der Waals surface area contributed by atoms with Gasteiger partial charge in [0.15, 0.2) is 11.6 Å². The zero-order valence-corrected chi connectivity index (χ0v) is 16.1. The number of anilines is 1. The summed E-state index contributed by atoms with van der Waals surface area (Å²) in [4.78, 5) is 38.1. The predicted molar refractivity (Wildman–Crippen MR) is 108 cm³/mol. The van der Waals surface area contributed by atoms with Gasteiger partial charge in [-0.2, -0.15) is 0 Å². The van der Waals surface area contributed by atoms with E-state index in [1.54, 1.807) is 61.7 Å². The van der Waals surface area contributed by atoms with Crippen molar-refractivity contribution in [3.8, 4) is 0 Å². The molecule has 1 heterocycles. The van der Waals surface area contributed by atoms with Crippen LogP contribution < -0.4 is 10.6 Å². The van der Waals surface area contributed by atoms with Crippen LogP contribution in [0.3, 0.4) is 0 Å². The molecule has 1 aliphatic carbocycles. The average Bonchev–Trinajstić information content (AvgIpc) is 3.27. The highest BCUT2D eigenvalue weighted by Crippen LogP contribution is 2.29. The van der Waals surface area contributed by atoms with Gasteiger partial charge < -0.3 is 9.73 Å².